The summed E-state index contributed by atoms with van der Waals surface area (Å²) < 4.78 is 10.3. The summed E-state index contributed by atoms with van der Waals surface area (Å²) in [6, 6.07) is 21.2. The molecule has 0 radical (unpaired) electrons. The first kappa shape index (κ1) is 18.5. The Kier molecular flexibility index (Phi) is 5.74. The molecule has 0 saturated carbocycles. The second kappa shape index (κ2) is 8.38. The molecule has 0 aromatic heterocycles. The molecule has 5 heteroatoms. The number of carbonyl (C=O) groups excluding carboxylic acids is 1. The lowest BCUT2D eigenvalue weighted by molar-refractivity contribution is 0.102. The van der Waals surface area contributed by atoms with E-state index < -0.39 is 6.10 Å². The maximum atomic E-state index is 12.6. The molecule has 27 heavy (non-hydrogen) atoms. The first-order chi connectivity index (χ1) is 13.1. The van der Waals surface area contributed by atoms with Crippen molar-refractivity contribution in [1.29, 1.82) is 0 Å². The van der Waals surface area contributed by atoms with Crippen LogP contribution in [0.15, 0.2) is 72.8 Å². The zero-order chi connectivity index (χ0) is 19.2. The van der Waals surface area contributed by atoms with Crippen molar-refractivity contribution in [1.82, 2.24) is 0 Å². The highest BCUT2D eigenvalue weighted by atomic mass is 16.5. The molecule has 3 aromatic carbocycles. The fraction of sp³-hybridized carbons (Fsp3) is 0.136. The van der Waals surface area contributed by atoms with Gasteiger partial charge in [-0.3, -0.25) is 4.79 Å². The molecule has 0 saturated heterocycles. The van der Waals surface area contributed by atoms with Crippen molar-refractivity contribution in [3.63, 3.8) is 0 Å². The third-order valence-corrected chi connectivity index (χ3v) is 4.29. The summed E-state index contributed by atoms with van der Waals surface area (Å²) in [5.41, 5.74) is 2.39. The Hall–Kier alpha value is -3.31. The van der Waals surface area contributed by atoms with Gasteiger partial charge >= 0.3 is 0 Å². The van der Waals surface area contributed by atoms with Gasteiger partial charge in [-0.2, -0.15) is 0 Å². The number of methoxy groups -OCH3 is 2. The highest BCUT2D eigenvalue weighted by Crippen LogP contribution is 2.29. The zero-order valence-electron chi connectivity index (χ0n) is 15.2. The summed E-state index contributed by atoms with van der Waals surface area (Å²) in [7, 11) is 3.17. The lowest BCUT2D eigenvalue weighted by Crippen LogP contribution is -2.14. The van der Waals surface area contributed by atoms with E-state index in [1.54, 1.807) is 74.9 Å². The summed E-state index contributed by atoms with van der Waals surface area (Å²) in [6.07, 6.45) is -0.872. The number of benzene rings is 3. The van der Waals surface area contributed by atoms with Crippen LogP contribution in [-0.2, 0) is 0 Å². The van der Waals surface area contributed by atoms with Crippen LogP contribution in [0.3, 0.4) is 0 Å². The molecule has 138 valence electrons. The van der Waals surface area contributed by atoms with Gasteiger partial charge in [0.25, 0.3) is 5.91 Å². The van der Waals surface area contributed by atoms with E-state index in [4.69, 9.17) is 9.47 Å². The molecular formula is C22H21NO4. The van der Waals surface area contributed by atoms with Crippen molar-refractivity contribution < 1.29 is 19.4 Å². The SMILES string of the molecule is COc1ccc(C(=O)Nc2ccccc2C(O)c2ccc(OC)cc2)cc1. The molecule has 0 bridgehead atoms. The Morgan fingerprint density at radius 3 is 2.00 bits per heavy atom. The van der Waals surface area contributed by atoms with Crippen LogP contribution in [0, 0.1) is 0 Å². The second-order valence-corrected chi connectivity index (χ2v) is 5.95. The molecule has 0 spiro atoms. The van der Waals surface area contributed by atoms with Gasteiger partial charge in [-0.15, -0.1) is 0 Å². The number of para-hydroxylation sites is 1. The smallest absolute Gasteiger partial charge is 0.255 e. The number of amides is 1. The van der Waals surface area contributed by atoms with Crippen molar-refractivity contribution in [3.05, 3.63) is 89.5 Å². The Balaban J connectivity index is 1.83. The van der Waals surface area contributed by atoms with Crippen LogP contribution >= 0.6 is 0 Å². The van der Waals surface area contributed by atoms with Gasteiger partial charge in [0, 0.05) is 16.8 Å². The predicted octanol–water partition coefficient (Wildman–Crippen LogP) is 4.04. The van der Waals surface area contributed by atoms with Gasteiger partial charge in [0.05, 0.1) is 14.2 Å². The van der Waals surface area contributed by atoms with E-state index >= 15 is 0 Å². The van der Waals surface area contributed by atoms with Gasteiger partial charge in [-0.05, 0) is 48.0 Å². The number of anilines is 1. The summed E-state index contributed by atoms with van der Waals surface area (Å²) in [5.74, 6) is 1.14. The third-order valence-electron chi connectivity index (χ3n) is 4.29. The first-order valence-corrected chi connectivity index (χ1v) is 8.48. The maximum Gasteiger partial charge on any atom is 0.255 e. The van der Waals surface area contributed by atoms with Crippen LogP contribution in [0.25, 0.3) is 0 Å². The fourth-order valence-corrected chi connectivity index (χ4v) is 2.75. The van der Waals surface area contributed by atoms with Crippen LogP contribution in [-0.4, -0.2) is 25.2 Å². The molecule has 3 aromatic rings. The second-order valence-electron chi connectivity index (χ2n) is 5.95. The summed E-state index contributed by atoms with van der Waals surface area (Å²) >= 11 is 0. The molecule has 0 aliphatic rings. The molecule has 0 heterocycles. The number of ether oxygens (including phenoxy) is 2. The van der Waals surface area contributed by atoms with Crippen molar-refractivity contribution in [2.45, 2.75) is 6.10 Å². The van der Waals surface area contributed by atoms with E-state index in [0.29, 0.717) is 33.9 Å². The highest BCUT2D eigenvalue weighted by Gasteiger charge is 2.16. The van der Waals surface area contributed by atoms with Crippen LogP contribution in [0.4, 0.5) is 5.69 Å². The quantitative estimate of drug-likeness (QED) is 0.694. The standard InChI is InChI=1S/C22H21NO4/c1-26-17-11-7-15(8-12-17)21(24)19-5-3-4-6-20(19)23-22(25)16-9-13-18(27-2)14-10-16/h3-14,21,24H,1-2H3,(H,23,25). The first-order valence-electron chi connectivity index (χ1n) is 8.48. The Bertz CT molecular complexity index is 904. The minimum Gasteiger partial charge on any atom is -0.497 e. The largest absolute Gasteiger partial charge is 0.497 e. The van der Waals surface area contributed by atoms with Gasteiger partial charge < -0.3 is 19.9 Å². The summed E-state index contributed by atoms with van der Waals surface area (Å²) in [5, 5.41) is 13.7. The van der Waals surface area contributed by atoms with E-state index in [1.807, 2.05) is 12.1 Å². The Morgan fingerprint density at radius 1 is 0.852 bits per heavy atom. The molecule has 0 fully saturated rings. The average Bonchev–Trinajstić information content (AvgIpc) is 2.73. The number of aliphatic hydroxyl groups excluding tert-OH is 1. The zero-order valence-corrected chi connectivity index (χ0v) is 15.2. The topological polar surface area (TPSA) is 67.8 Å². The number of hydrogen-bond donors (Lipinski definition) is 2. The molecule has 1 atom stereocenters. The molecule has 0 aliphatic carbocycles. The molecule has 0 aliphatic heterocycles. The fourth-order valence-electron chi connectivity index (χ4n) is 2.75. The van der Waals surface area contributed by atoms with E-state index in [9.17, 15) is 9.90 Å². The Morgan fingerprint density at radius 2 is 1.41 bits per heavy atom. The van der Waals surface area contributed by atoms with Gasteiger partial charge in [0.15, 0.2) is 0 Å². The minimum absolute atomic E-state index is 0.257. The van der Waals surface area contributed by atoms with E-state index in [2.05, 4.69) is 5.32 Å². The van der Waals surface area contributed by atoms with Gasteiger partial charge in [-0.1, -0.05) is 30.3 Å². The van der Waals surface area contributed by atoms with Crippen molar-refractivity contribution in [2.75, 3.05) is 19.5 Å². The van der Waals surface area contributed by atoms with Crippen LogP contribution in [0.5, 0.6) is 11.5 Å². The molecule has 1 amide bonds. The lowest BCUT2D eigenvalue weighted by atomic mass is 9.99. The number of aliphatic hydroxyl groups is 1. The van der Waals surface area contributed by atoms with Crippen molar-refractivity contribution in [2.24, 2.45) is 0 Å². The molecule has 2 N–H and O–H groups in total. The van der Waals surface area contributed by atoms with Crippen molar-refractivity contribution in [3.8, 4) is 11.5 Å². The van der Waals surface area contributed by atoms with Crippen LogP contribution < -0.4 is 14.8 Å². The predicted molar refractivity (Wildman–Crippen MR) is 104 cm³/mol. The normalized spacial score (nSPS) is 11.5. The minimum atomic E-state index is -0.872. The van der Waals surface area contributed by atoms with Crippen LogP contribution in [0.2, 0.25) is 0 Å². The van der Waals surface area contributed by atoms with Gasteiger partial charge in [-0.25, -0.2) is 0 Å². The number of nitrogens with one attached hydrogen (secondary N) is 1. The van der Waals surface area contributed by atoms with E-state index in [0.717, 1.165) is 0 Å². The number of carbonyl (C=O) groups is 1. The number of hydrogen-bond acceptors (Lipinski definition) is 4. The maximum absolute atomic E-state index is 12.6. The summed E-state index contributed by atoms with van der Waals surface area (Å²) in [4.78, 5) is 12.6. The van der Waals surface area contributed by atoms with E-state index in [-0.39, 0.29) is 5.91 Å². The molecule has 1 unspecified atom stereocenters. The molecule has 5 nitrogen and oxygen atoms in total. The Labute approximate surface area is 158 Å². The summed E-state index contributed by atoms with van der Waals surface area (Å²) in [6.45, 7) is 0. The third kappa shape index (κ3) is 4.27. The lowest BCUT2D eigenvalue weighted by Gasteiger charge is -2.17. The monoisotopic (exact) mass is 363 g/mol. The number of rotatable bonds is 6. The van der Waals surface area contributed by atoms with Crippen molar-refractivity contribution >= 4 is 11.6 Å². The van der Waals surface area contributed by atoms with Crippen LogP contribution in [0.1, 0.15) is 27.6 Å². The molecular weight excluding hydrogens is 342 g/mol. The highest BCUT2D eigenvalue weighted by molar-refractivity contribution is 6.04. The van der Waals surface area contributed by atoms with E-state index in [1.165, 1.54) is 0 Å². The van der Waals surface area contributed by atoms with Gasteiger partial charge in [0.2, 0.25) is 0 Å². The average molecular weight is 363 g/mol. The van der Waals surface area contributed by atoms with Gasteiger partial charge in [0.1, 0.15) is 17.6 Å². The molecule has 3 rings (SSSR count).